The van der Waals surface area contributed by atoms with Crippen molar-refractivity contribution in [3.05, 3.63) is 163 Å². The van der Waals surface area contributed by atoms with Crippen LogP contribution in [0.15, 0.2) is 162 Å². The molecule has 0 radical (unpaired) electrons. The van der Waals surface area contributed by atoms with Gasteiger partial charge in [-0.25, -0.2) is 15.0 Å². The number of benzene rings is 7. The maximum Gasteiger partial charge on any atom is 0.164 e. The summed E-state index contributed by atoms with van der Waals surface area (Å²) in [5.74, 6) is 1.86. The average Bonchev–Trinajstić information content (AvgIpc) is 3.76. The molecule has 0 saturated carbocycles. The molecule has 7 aromatic carbocycles. The van der Waals surface area contributed by atoms with Crippen LogP contribution in [0.1, 0.15) is 5.56 Å². The molecule has 10 aromatic rings. The molecule has 0 saturated heterocycles. The number of fused-ring (bicyclic) bond motifs is 6. The fourth-order valence-corrected chi connectivity index (χ4v) is 8.31. The Kier molecular flexibility index (Phi) is 6.86. The molecule has 0 amide bonds. The lowest BCUT2D eigenvalue weighted by atomic mass is 9.99. The second kappa shape index (κ2) is 11.9. The van der Waals surface area contributed by atoms with Gasteiger partial charge in [-0.05, 0) is 59.5 Å². The molecule has 0 fully saturated rings. The number of aromatic nitrogens is 3. The molecule has 0 bridgehead atoms. The zero-order valence-electron chi connectivity index (χ0n) is 27.7. The summed E-state index contributed by atoms with van der Waals surface area (Å²) in [6.45, 7) is 2.12. The van der Waals surface area contributed by atoms with Gasteiger partial charge in [0.15, 0.2) is 17.5 Å². The van der Waals surface area contributed by atoms with Crippen LogP contribution in [0.5, 0.6) is 0 Å². The third-order valence-electron chi connectivity index (χ3n) is 9.61. The first-order valence-electron chi connectivity index (χ1n) is 17.0. The van der Waals surface area contributed by atoms with Crippen molar-refractivity contribution in [1.29, 1.82) is 0 Å². The number of hydrogen-bond donors (Lipinski definition) is 0. The minimum atomic E-state index is 0.597. The van der Waals surface area contributed by atoms with E-state index >= 15 is 0 Å². The molecule has 0 aliphatic heterocycles. The molecule has 3 aromatic heterocycles. The van der Waals surface area contributed by atoms with E-state index in [2.05, 4.69) is 153 Å². The molecule has 0 N–H and O–H groups in total. The number of thiophene rings is 1. The van der Waals surface area contributed by atoms with Crippen LogP contribution in [-0.4, -0.2) is 15.0 Å². The molecule has 0 aliphatic carbocycles. The molecule has 0 atom stereocenters. The zero-order chi connectivity index (χ0) is 33.9. The van der Waals surface area contributed by atoms with Gasteiger partial charge in [-0.3, -0.25) is 0 Å². The summed E-state index contributed by atoms with van der Waals surface area (Å²) in [5.41, 5.74) is 10.3. The van der Waals surface area contributed by atoms with E-state index in [1.807, 2.05) is 12.1 Å². The standard InChI is InChI=1S/C46H29N3OS/c1-28-10-7-13-32(26-28)29-20-22-31(23-21-29)44-47-45(49-46(48-44)37-16-9-19-41-43(37)36-14-5-6-18-40(36)51-41)33-24-25-35-39(27-33)50-38-17-8-15-34(42(35)38)30-11-3-2-4-12-30/h2-27H,1H3. The Balaban J connectivity index is 1.16. The lowest BCUT2D eigenvalue weighted by Crippen LogP contribution is -2.00. The van der Waals surface area contributed by atoms with Crippen LogP contribution in [0.3, 0.4) is 0 Å². The van der Waals surface area contributed by atoms with Gasteiger partial charge in [0.25, 0.3) is 0 Å². The Morgan fingerprint density at radius 2 is 1.08 bits per heavy atom. The van der Waals surface area contributed by atoms with Crippen molar-refractivity contribution in [2.24, 2.45) is 0 Å². The molecular formula is C46H29N3OS. The molecule has 240 valence electrons. The van der Waals surface area contributed by atoms with Crippen molar-refractivity contribution in [1.82, 2.24) is 15.0 Å². The zero-order valence-corrected chi connectivity index (χ0v) is 28.5. The SMILES string of the molecule is Cc1cccc(-c2ccc(-c3nc(-c4ccc5c(c4)oc4cccc(-c6ccccc6)c45)nc(-c4cccc5sc6ccccc6c45)n3)cc2)c1. The molecule has 3 heterocycles. The van der Waals surface area contributed by atoms with Crippen molar-refractivity contribution in [3.63, 3.8) is 0 Å². The van der Waals surface area contributed by atoms with Gasteiger partial charge in [0.2, 0.25) is 0 Å². The first kappa shape index (κ1) is 29.5. The highest BCUT2D eigenvalue weighted by Crippen LogP contribution is 2.41. The minimum Gasteiger partial charge on any atom is -0.456 e. The molecule has 10 rings (SSSR count). The Labute approximate surface area is 298 Å². The monoisotopic (exact) mass is 671 g/mol. The number of furan rings is 1. The van der Waals surface area contributed by atoms with Crippen LogP contribution < -0.4 is 0 Å². The van der Waals surface area contributed by atoms with Gasteiger partial charge >= 0.3 is 0 Å². The highest BCUT2D eigenvalue weighted by Gasteiger charge is 2.19. The third kappa shape index (κ3) is 5.09. The summed E-state index contributed by atoms with van der Waals surface area (Å²) in [7, 11) is 0. The quantitative estimate of drug-likeness (QED) is 0.183. The predicted octanol–water partition coefficient (Wildman–Crippen LogP) is 12.8. The number of rotatable bonds is 5. The van der Waals surface area contributed by atoms with E-state index in [0.717, 1.165) is 60.7 Å². The summed E-state index contributed by atoms with van der Waals surface area (Å²) in [6, 6.07) is 55.0. The van der Waals surface area contributed by atoms with Crippen molar-refractivity contribution < 1.29 is 4.42 Å². The van der Waals surface area contributed by atoms with E-state index in [1.54, 1.807) is 11.3 Å². The first-order valence-corrected chi connectivity index (χ1v) is 17.8. The van der Waals surface area contributed by atoms with Crippen molar-refractivity contribution in [2.45, 2.75) is 6.92 Å². The summed E-state index contributed by atoms with van der Waals surface area (Å²) in [4.78, 5) is 15.4. The van der Waals surface area contributed by atoms with Gasteiger partial charge < -0.3 is 4.42 Å². The Morgan fingerprint density at radius 1 is 0.412 bits per heavy atom. The topological polar surface area (TPSA) is 51.8 Å². The van der Waals surface area contributed by atoms with E-state index in [1.165, 1.54) is 25.9 Å². The Hall–Kier alpha value is -6.43. The molecule has 51 heavy (non-hydrogen) atoms. The van der Waals surface area contributed by atoms with Crippen LogP contribution in [0.25, 0.3) is 98.5 Å². The highest BCUT2D eigenvalue weighted by atomic mass is 32.1. The van der Waals surface area contributed by atoms with Gasteiger partial charge in [0, 0.05) is 47.6 Å². The number of aryl methyl sites for hydroxylation is 1. The van der Waals surface area contributed by atoms with E-state index in [4.69, 9.17) is 19.4 Å². The molecule has 4 nitrogen and oxygen atoms in total. The van der Waals surface area contributed by atoms with Crippen molar-refractivity contribution >= 4 is 53.4 Å². The van der Waals surface area contributed by atoms with E-state index in [-0.39, 0.29) is 0 Å². The average molecular weight is 672 g/mol. The lowest BCUT2D eigenvalue weighted by molar-refractivity contribution is 0.669. The number of hydrogen-bond acceptors (Lipinski definition) is 5. The van der Waals surface area contributed by atoms with Crippen LogP contribution in [-0.2, 0) is 0 Å². The normalized spacial score (nSPS) is 11.6. The summed E-state index contributed by atoms with van der Waals surface area (Å²) < 4.78 is 8.94. The van der Waals surface area contributed by atoms with Gasteiger partial charge in [-0.15, -0.1) is 11.3 Å². The summed E-state index contributed by atoms with van der Waals surface area (Å²) in [5, 5.41) is 4.53. The van der Waals surface area contributed by atoms with E-state index in [9.17, 15) is 0 Å². The maximum atomic E-state index is 6.50. The fraction of sp³-hybridized carbons (Fsp3) is 0.0217. The predicted molar refractivity (Wildman–Crippen MR) is 212 cm³/mol. The van der Waals surface area contributed by atoms with Crippen LogP contribution in [0.4, 0.5) is 0 Å². The molecular weight excluding hydrogens is 643 g/mol. The van der Waals surface area contributed by atoms with Crippen molar-refractivity contribution in [3.8, 4) is 56.4 Å². The largest absolute Gasteiger partial charge is 0.456 e. The van der Waals surface area contributed by atoms with Gasteiger partial charge in [-0.1, -0.05) is 133 Å². The van der Waals surface area contributed by atoms with Crippen LogP contribution >= 0.6 is 11.3 Å². The summed E-state index contributed by atoms with van der Waals surface area (Å²) in [6.07, 6.45) is 0. The lowest BCUT2D eigenvalue weighted by Gasteiger charge is -2.10. The first-order chi connectivity index (χ1) is 25.2. The summed E-state index contributed by atoms with van der Waals surface area (Å²) >= 11 is 1.79. The van der Waals surface area contributed by atoms with Gasteiger partial charge in [0.1, 0.15) is 11.2 Å². The second-order valence-electron chi connectivity index (χ2n) is 12.9. The Bertz CT molecular complexity index is 2920. The molecule has 0 spiro atoms. The Morgan fingerprint density at radius 3 is 1.94 bits per heavy atom. The molecule has 5 heteroatoms. The number of nitrogens with zero attached hydrogens (tertiary/aromatic N) is 3. The molecule has 0 unspecified atom stereocenters. The third-order valence-corrected chi connectivity index (χ3v) is 10.7. The highest BCUT2D eigenvalue weighted by molar-refractivity contribution is 7.25. The fourth-order valence-electron chi connectivity index (χ4n) is 7.18. The van der Waals surface area contributed by atoms with Crippen LogP contribution in [0.2, 0.25) is 0 Å². The second-order valence-corrected chi connectivity index (χ2v) is 14.0. The van der Waals surface area contributed by atoms with E-state index < -0.39 is 0 Å². The maximum absolute atomic E-state index is 6.50. The van der Waals surface area contributed by atoms with Crippen molar-refractivity contribution in [2.75, 3.05) is 0 Å². The van der Waals surface area contributed by atoms with Gasteiger partial charge in [-0.2, -0.15) is 0 Å². The molecule has 0 aliphatic rings. The van der Waals surface area contributed by atoms with Crippen LogP contribution in [0, 0.1) is 6.92 Å². The smallest absolute Gasteiger partial charge is 0.164 e. The van der Waals surface area contributed by atoms with Gasteiger partial charge in [0.05, 0.1) is 0 Å². The van der Waals surface area contributed by atoms with E-state index in [0.29, 0.717) is 17.5 Å². The minimum absolute atomic E-state index is 0.597.